The lowest BCUT2D eigenvalue weighted by molar-refractivity contribution is 0.885. The highest BCUT2D eigenvalue weighted by Gasteiger charge is 2.13. The van der Waals surface area contributed by atoms with E-state index in [2.05, 4.69) is 21.2 Å². The summed E-state index contributed by atoms with van der Waals surface area (Å²) in [6.07, 6.45) is 0. The molecule has 19 heavy (non-hydrogen) atoms. The molecule has 0 spiro atoms. The van der Waals surface area contributed by atoms with Crippen LogP contribution in [0.15, 0.2) is 40.9 Å². The van der Waals surface area contributed by atoms with Crippen LogP contribution in [0.2, 0.25) is 15.1 Å². The Kier molecular flexibility index (Phi) is 5.02. The number of anilines is 1. The average molecular weight is 380 g/mol. The number of nitrogens with one attached hydrogen (secondary N) is 1. The van der Waals surface area contributed by atoms with Gasteiger partial charge < -0.3 is 5.32 Å². The summed E-state index contributed by atoms with van der Waals surface area (Å²) >= 11 is 21.8. The van der Waals surface area contributed by atoms with Crippen molar-refractivity contribution in [3.8, 4) is 0 Å². The molecule has 0 amide bonds. The van der Waals surface area contributed by atoms with Crippen molar-refractivity contribution in [2.45, 2.75) is 13.0 Å². The van der Waals surface area contributed by atoms with E-state index in [4.69, 9.17) is 34.8 Å². The van der Waals surface area contributed by atoms with Gasteiger partial charge in [-0.1, -0.05) is 62.9 Å². The Bertz CT molecular complexity index is 601. The Morgan fingerprint density at radius 1 is 1.05 bits per heavy atom. The van der Waals surface area contributed by atoms with Crippen LogP contribution in [-0.4, -0.2) is 0 Å². The normalized spacial score (nSPS) is 12.3. The van der Waals surface area contributed by atoms with E-state index in [-0.39, 0.29) is 6.04 Å². The molecular formula is C14H11BrCl3N. The zero-order chi connectivity index (χ0) is 14.0. The Balaban J connectivity index is 2.28. The van der Waals surface area contributed by atoms with Crippen LogP contribution in [-0.2, 0) is 0 Å². The van der Waals surface area contributed by atoms with Crippen LogP contribution in [0.25, 0.3) is 0 Å². The second kappa shape index (κ2) is 6.36. The largest absolute Gasteiger partial charge is 0.377 e. The summed E-state index contributed by atoms with van der Waals surface area (Å²) in [4.78, 5) is 0. The molecule has 1 nitrogen and oxygen atoms in total. The minimum atomic E-state index is -0.00185. The Morgan fingerprint density at radius 3 is 2.53 bits per heavy atom. The molecule has 0 saturated carbocycles. The zero-order valence-electron chi connectivity index (χ0n) is 10.1. The highest BCUT2D eigenvalue weighted by atomic mass is 79.9. The second-order valence-electron chi connectivity index (χ2n) is 4.13. The molecule has 0 aliphatic rings. The molecule has 2 rings (SSSR count). The van der Waals surface area contributed by atoms with E-state index in [1.54, 1.807) is 6.07 Å². The molecule has 0 bridgehead atoms. The third-order valence-electron chi connectivity index (χ3n) is 2.75. The predicted molar refractivity (Wildman–Crippen MR) is 87.7 cm³/mol. The summed E-state index contributed by atoms with van der Waals surface area (Å²) in [5.74, 6) is 0. The average Bonchev–Trinajstić information content (AvgIpc) is 2.37. The molecule has 0 saturated heterocycles. The lowest BCUT2D eigenvalue weighted by Gasteiger charge is -2.18. The van der Waals surface area contributed by atoms with Crippen LogP contribution < -0.4 is 5.32 Å². The van der Waals surface area contributed by atoms with Gasteiger partial charge in [-0.25, -0.2) is 0 Å². The van der Waals surface area contributed by atoms with Gasteiger partial charge in [0.2, 0.25) is 0 Å². The molecule has 0 aliphatic heterocycles. The van der Waals surface area contributed by atoms with Gasteiger partial charge in [0, 0.05) is 4.47 Å². The fourth-order valence-corrected chi connectivity index (χ4v) is 2.78. The highest BCUT2D eigenvalue weighted by Crippen LogP contribution is 2.33. The molecule has 0 fully saturated rings. The number of rotatable bonds is 3. The number of benzene rings is 2. The Morgan fingerprint density at radius 2 is 1.79 bits per heavy atom. The molecule has 0 aliphatic carbocycles. The van der Waals surface area contributed by atoms with Gasteiger partial charge in [0.25, 0.3) is 0 Å². The van der Waals surface area contributed by atoms with Gasteiger partial charge in [-0.2, -0.15) is 0 Å². The van der Waals surface area contributed by atoms with Crippen molar-refractivity contribution in [2.75, 3.05) is 5.32 Å². The summed E-state index contributed by atoms with van der Waals surface area (Å²) in [6, 6.07) is 11.2. The minimum absolute atomic E-state index is 0.00185. The topological polar surface area (TPSA) is 12.0 Å². The molecular weight excluding hydrogens is 368 g/mol. The Labute approximate surface area is 136 Å². The zero-order valence-corrected chi connectivity index (χ0v) is 13.9. The highest BCUT2D eigenvalue weighted by molar-refractivity contribution is 9.10. The van der Waals surface area contributed by atoms with Crippen molar-refractivity contribution in [2.24, 2.45) is 0 Å². The van der Waals surface area contributed by atoms with E-state index in [0.29, 0.717) is 15.1 Å². The first-order chi connectivity index (χ1) is 8.99. The maximum absolute atomic E-state index is 6.21. The SMILES string of the molecule is CC(Nc1cc(Br)ccc1Cl)c1cccc(Cl)c1Cl. The van der Waals surface area contributed by atoms with Gasteiger partial charge in [0.15, 0.2) is 0 Å². The van der Waals surface area contributed by atoms with Crippen molar-refractivity contribution in [3.63, 3.8) is 0 Å². The fraction of sp³-hybridized carbons (Fsp3) is 0.143. The molecule has 100 valence electrons. The first-order valence-corrected chi connectivity index (χ1v) is 7.57. The van der Waals surface area contributed by atoms with Crippen molar-refractivity contribution in [1.29, 1.82) is 0 Å². The van der Waals surface area contributed by atoms with Crippen molar-refractivity contribution >= 4 is 56.4 Å². The standard InChI is InChI=1S/C14H11BrCl3N/c1-8(10-3-2-4-12(17)14(10)18)19-13-7-9(15)5-6-11(13)16/h2-8,19H,1H3. The van der Waals surface area contributed by atoms with Crippen LogP contribution in [0.5, 0.6) is 0 Å². The first kappa shape index (κ1) is 15.0. The van der Waals surface area contributed by atoms with Gasteiger partial charge in [-0.15, -0.1) is 0 Å². The second-order valence-corrected chi connectivity index (χ2v) is 6.24. The quantitative estimate of drug-likeness (QED) is 0.635. The van der Waals surface area contributed by atoms with E-state index in [1.807, 2.05) is 37.3 Å². The van der Waals surface area contributed by atoms with Crippen LogP contribution in [0.3, 0.4) is 0 Å². The third kappa shape index (κ3) is 3.57. The van der Waals surface area contributed by atoms with E-state index < -0.39 is 0 Å². The summed E-state index contributed by atoms with van der Waals surface area (Å²) in [6.45, 7) is 2.01. The van der Waals surface area contributed by atoms with Crippen molar-refractivity contribution in [1.82, 2.24) is 0 Å². The maximum atomic E-state index is 6.21. The molecule has 2 aromatic rings. The van der Waals surface area contributed by atoms with E-state index in [9.17, 15) is 0 Å². The smallest absolute Gasteiger partial charge is 0.0644 e. The van der Waals surface area contributed by atoms with Crippen LogP contribution in [0, 0.1) is 0 Å². The number of hydrogen-bond acceptors (Lipinski definition) is 1. The van der Waals surface area contributed by atoms with E-state index in [1.165, 1.54) is 0 Å². The van der Waals surface area contributed by atoms with Crippen molar-refractivity contribution in [3.05, 3.63) is 61.5 Å². The summed E-state index contributed by atoms with van der Waals surface area (Å²) in [7, 11) is 0. The molecule has 0 heterocycles. The molecule has 2 aromatic carbocycles. The summed E-state index contributed by atoms with van der Waals surface area (Å²) in [5, 5.41) is 5.10. The van der Waals surface area contributed by atoms with E-state index >= 15 is 0 Å². The predicted octanol–water partition coefficient (Wildman–Crippen LogP) is 6.58. The first-order valence-electron chi connectivity index (χ1n) is 5.64. The van der Waals surface area contributed by atoms with Crippen LogP contribution in [0.4, 0.5) is 5.69 Å². The summed E-state index contributed by atoms with van der Waals surface area (Å²) in [5.41, 5.74) is 1.78. The number of halogens is 4. The van der Waals surface area contributed by atoms with Crippen LogP contribution >= 0.6 is 50.7 Å². The third-order valence-corrected chi connectivity index (χ3v) is 4.40. The molecule has 0 aromatic heterocycles. The molecule has 5 heteroatoms. The van der Waals surface area contributed by atoms with Crippen molar-refractivity contribution < 1.29 is 0 Å². The Hall–Kier alpha value is -0.410. The van der Waals surface area contributed by atoms with Gasteiger partial charge >= 0.3 is 0 Å². The minimum Gasteiger partial charge on any atom is -0.377 e. The van der Waals surface area contributed by atoms with Gasteiger partial charge in [-0.3, -0.25) is 0 Å². The molecule has 1 unspecified atom stereocenters. The summed E-state index contributed by atoms with van der Waals surface area (Å²) < 4.78 is 0.962. The molecule has 0 radical (unpaired) electrons. The van der Waals surface area contributed by atoms with E-state index in [0.717, 1.165) is 15.7 Å². The number of hydrogen-bond donors (Lipinski definition) is 1. The fourth-order valence-electron chi connectivity index (χ4n) is 1.77. The monoisotopic (exact) mass is 377 g/mol. The maximum Gasteiger partial charge on any atom is 0.0644 e. The van der Waals surface area contributed by atoms with Gasteiger partial charge in [-0.05, 0) is 36.8 Å². The lowest BCUT2D eigenvalue weighted by atomic mass is 10.1. The van der Waals surface area contributed by atoms with Gasteiger partial charge in [0.05, 0.1) is 26.8 Å². The molecule has 1 N–H and O–H groups in total. The molecule has 1 atom stereocenters. The lowest BCUT2D eigenvalue weighted by Crippen LogP contribution is -2.07. The van der Waals surface area contributed by atoms with Crippen LogP contribution in [0.1, 0.15) is 18.5 Å². The van der Waals surface area contributed by atoms with Gasteiger partial charge in [0.1, 0.15) is 0 Å².